The van der Waals surface area contributed by atoms with E-state index >= 15 is 0 Å². The van der Waals surface area contributed by atoms with Crippen LogP contribution in [0.3, 0.4) is 0 Å². The maximum atomic E-state index is 12.4. The molecule has 1 amide bonds. The van der Waals surface area contributed by atoms with Gasteiger partial charge in [0.2, 0.25) is 5.88 Å². The van der Waals surface area contributed by atoms with Gasteiger partial charge in [-0.25, -0.2) is 0 Å². The Bertz CT molecular complexity index is 1200. The number of carbonyl (C=O) groups is 1. The molecule has 0 aliphatic carbocycles. The number of benzene rings is 3. The maximum absolute atomic E-state index is 12.4. The van der Waals surface area contributed by atoms with Crippen molar-refractivity contribution in [2.45, 2.75) is 0 Å². The van der Waals surface area contributed by atoms with Crippen molar-refractivity contribution in [2.24, 2.45) is 0 Å². The molecule has 146 valence electrons. The molecule has 0 unspecified atom stereocenters. The molecule has 0 saturated heterocycles. The van der Waals surface area contributed by atoms with Crippen molar-refractivity contribution in [3.05, 3.63) is 72.3 Å². The number of nitrogens with zero attached hydrogens (tertiary/aromatic N) is 1. The second-order valence-corrected chi connectivity index (χ2v) is 7.04. The summed E-state index contributed by atoms with van der Waals surface area (Å²) in [6, 6.07) is 21.0. The minimum absolute atomic E-state index is 0.0418. The largest absolute Gasteiger partial charge is 0.504 e. The lowest BCUT2D eigenvalue weighted by molar-refractivity contribution is 0.0827. The van der Waals surface area contributed by atoms with Gasteiger partial charge in [-0.1, -0.05) is 54.6 Å². The maximum Gasteiger partial charge on any atom is 0.253 e. The molecule has 29 heavy (non-hydrogen) atoms. The third-order valence-corrected chi connectivity index (χ3v) is 4.95. The second-order valence-electron chi connectivity index (χ2n) is 7.04. The zero-order chi connectivity index (χ0) is 20.5. The molecular weight excluding hydrogens is 364 g/mol. The van der Waals surface area contributed by atoms with Gasteiger partial charge in [0.1, 0.15) is 0 Å². The van der Waals surface area contributed by atoms with Crippen molar-refractivity contribution < 1.29 is 14.3 Å². The molecule has 3 aromatic carbocycles. The summed E-state index contributed by atoms with van der Waals surface area (Å²) in [5.74, 6) is 0.778. The van der Waals surface area contributed by atoms with Crippen LogP contribution in [0.5, 0.6) is 5.75 Å². The first-order valence-corrected chi connectivity index (χ1v) is 9.35. The molecular formula is C24H22N2O3. The lowest BCUT2D eigenvalue weighted by Crippen LogP contribution is -2.21. The average Bonchev–Trinajstić information content (AvgIpc) is 3.08. The molecule has 0 aliphatic heterocycles. The molecule has 0 fully saturated rings. The van der Waals surface area contributed by atoms with Crippen LogP contribution in [0.15, 0.2) is 71.1 Å². The molecule has 0 saturated carbocycles. The number of rotatable bonds is 4. The second kappa shape index (κ2) is 7.36. The minimum atomic E-state index is -0.102. The highest BCUT2D eigenvalue weighted by Gasteiger charge is 2.23. The van der Waals surface area contributed by atoms with E-state index in [4.69, 9.17) is 4.42 Å². The Morgan fingerprint density at radius 2 is 1.72 bits per heavy atom. The molecule has 0 aliphatic rings. The van der Waals surface area contributed by atoms with E-state index in [0.29, 0.717) is 28.3 Å². The Kier molecular flexibility index (Phi) is 4.72. The Balaban J connectivity index is 1.90. The van der Waals surface area contributed by atoms with E-state index in [0.717, 1.165) is 16.3 Å². The number of fused-ring (bicyclic) bond motifs is 1. The van der Waals surface area contributed by atoms with Gasteiger partial charge in [0, 0.05) is 32.3 Å². The van der Waals surface area contributed by atoms with Gasteiger partial charge < -0.3 is 19.7 Å². The standard InChI is InChI=1S/C24H22N2O3/c1-25-23-20(16-10-6-11-17(14-16)24(28)26(2)3)21(27)22(29-23)19-13-7-9-15-8-4-5-12-18(15)19/h4-14,25,27H,1-3H3. The highest BCUT2D eigenvalue weighted by molar-refractivity contribution is 6.00. The van der Waals surface area contributed by atoms with Crippen LogP contribution >= 0.6 is 0 Å². The summed E-state index contributed by atoms with van der Waals surface area (Å²) in [5, 5.41) is 16.2. The summed E-state index contributed by atoms with van der Waals surface area (Å²) in [6.45, 7) is 0. The smallest absolute Gasteiger partial charge is 0.253 e. The number of amides is 1. The van der Waals surface area contributed by atoms with Crippen LogP contribution in [0, 0.1) is 0 Å². The molecule has 1 heterocycles. The molecule has 1 aromatic heterocycles. The van der Waals surface area contributed by atoms with Crippen molar-refractivity contribution in [2.75, 3.05) is 26.5 Å². The summed E-state index contributed by atoms with van der Waals surface area (Å²) in [4.78, 5) is 13.9. The Hall–Kier alpha value is -3.73. The lowest BCUT2D eigenvalue weighted by Gasteiger charge is -2.11. The first-order chi connectivity index (χ1) is 14.0. The van der Waals surface area contributed by atoms with Gasteiger partial charge in [0.15, 0.2) is 11.5 Å². The molecule has 4 rings (SSSR count). The molecule has 0 atom stereocenters. The number of aromatic hydroxyl groups is 1. The first kappa shape index (κ1) is 18.6. The van der Waals surface area contributed by atoms with E-state index in [1.165, 1.54) is 4.90 Å². The molecule has 5 heteroatoms. The Labute approximate surface area is 169 Å². The van der Waals surface area contributed by atoms with Gasteiger partial charge in [-0.2, -0.15) is 0 Å². The van der Waals surface area contributed by atoms with Crippen LogP contribution < -0.4 is 5.32 Å². The highest BCUT2D eigenvalue weighted by Crippen LogP contribution is 2.47. The fourth-order valence-corrected chi connectivity index (χ4v) is 3.54. The van der Waals surface area contributed by atoms with E-state index in [2.05, 4.69) is 5.32 Å². The van der Waals surface area contributed by atoms with Crippen molar-refractivity contribution in [3.63, 3.8) is 0 Å². The minimum Gasteiger partial charge on any atom is -0.504 e. The van der Waals surface area contributed by atoms with Crippen LogP contribution in [0.25, 0.3) is 33.2 Å². The van der Waals surface area contributed by atoms with Gasteiger partial charge in [-0.05, 0) is 28.5 Å². The van der Waals surface area contributed by atoms with Crippen molar-refractivity contribution in [3.8, 4) is 28.2 Å². The number of furan rings is 1. The van der Waals surface area contributed by atoms with Crippen molar-refractivity contribution in [1.29, 1.82) is 0 Å². The van der Waals surface area contributed by atoms with Gasteiger partial charge in [0.05, 0.1) is 5.56 Å². The molecule has 5 nitrogen and oxygen atoms in total. The number of hydrogen-bond donors (Lipinski definition) is 2. The number of hydrogen-bond acceptors (Lipinski definition) is 4. The molecule has 2 N–H and O–H groups in total. The van der Waals surface area contributed by atoms with Crippen LogP contribution in [-0.4, -0.2) is 37.1 Å². The van der Waals surface area contributed by atoms with E-state index in [1.807, 2.05) is 48.5 Å². The van der Waals surface area contributed by atoms with Crippen LogP contribution in [0.4, 0.5) is 5.88 Å². The van der Waals surface area contributed by atoms with Crippen LogP contribution in [-0.2, 0) is 0 Å². The van der Waals surface area contributed by atoms with Gasteiger partial charge in [-0.15, -0.1) is 0 Å². The average molecular weight is 386 g/mol. The summed E-state index contributed by atoms with van der Waals surface area (Å²) in [5.41, 5.74) is 2.59. The molecule has 0 spiro atoms. The summed E-state index contributed by atoms with van der Waals surface area (Å²) in [7, 11) is 5.16. The normalized spacial score (nSPS) is 10.9. The van der Waals surface area contributed by atoms with Crippen LogP contribution in [0.2, 0.25) is 0 Å². The number of nitrogens with one attached hydrogen (secondary N) is 1. The number of carbonyl (C=O) groups excluding carboxylic acids is 1. The highest BCUT2D eigenvalue weighted by atomic mass is 16.4. The SMILES string of the molecule is CNc1oc(-c2cccc3ccccc23)c(O)c1-c1cccc(C(=O)N(C)C)c1. The van der Waals surface area contributed by atoms with Gasteiger partial charge in [0.25, 0.3) is 5.91 Å². The van der Waals surface area contributed by atoms with E-state index in [-0.39, 0.29) is 11.7 Å². The Morgan fingerprint density at radius 3 is 2.48 bits per heavy atom. The summed E-state index contributed by atoms with van der Waals surface area (Å²) >= 11 is 0. The van der Waals surface area contributed by atoms with E-state index in [9.17, 15) is 9.90 Å². The third kappa shape index (κ3) is 3.21. The quantitative estimate of drug-likeness (QED) is 0.505. The zero-order valence-corrected chi connectivity index (χ0v) is 16.6. The molecule has 0 bridgehead atoms. The topological polar surface area (TPSA) is 65.7 Å². The van der Waals surface area contributed by atoms with Crippen LogP contribution in [0.1, 0.15) is 10.4 Å². The fourth-order valence-electron chi connectivity index (χ4n) is 3.54. The zero-order valence-electron chi connectivity index (χ0n) is 16.6. The predicted octanol–water partition coefficient (Wildman–Crippen LogP) is 5.22. The van der Waals surface area contributed by atoms with Gasteiger partial charge >= 0.3 is 0 Å². The fraction of sp³-hybridized carbons (Fsp3) is 0.125. The lowest BCUT2D eigenvalue weighted by atomic mass is 9.99. The molecule has 4 aromatic rings. The summed E-state index contributed by atoms with van der Waals surface area (Å²) in [6.07, 6.45) is 0. The van der Waals surface area contributed by atoms with Gasteiger partial charge in [-0.3, -0.25) is 4.79 Å². The first-order valence-electron chi connectivity index (χ1n) is 9.35. The van der Waals surface area contributed by atoms with E-state index in [1.54, 1.807) is 39.3 Å². The number of anilines is 1. The predicted molar refractivity (Wildman–Crippen MR) is 116 cm³/mol. The van der Waals surface area contributed by atoms with E-state index < -0.39 is 0 Å². The Morgan fingerprint density at radius 1 is 1.00 bits per heavy atom. The third-order valence-electron chi connectivity index (χ3n) is 4.95. The van der Waals surface area contributed by atoms with Crippen molar-refractivity contribution in [1.82, 2.24) is 4.90 Å². The summed E-state index contributed by atoms with van der Waals surface area (Å²) < 4.78 is 6.03. The van der Waals surface area contributed by atoms with Crippen molar-refractivity contribution >= 4 is 22.6 Å². The molecule has 0 radical (unpaired) electrons. The monoisotopic (exact) mass is 386 g/mol.